The molecular weight excluding hydrogens is 204 g/mol. The monoisotopic (exact) mass is 218 g/mol. The molecule has 0 aromatic rings. The molecule has 0 amide bonds. The van der Waals surface area contributed by atoms with Gasteiger partial charge in [0.1, 0.15) is 6.10 Å². The van der Waals surface area contributed by atoms with E-state index in [1.807, 2.05) is 0 Å². The van der Waals surface area contributed by atoms with E-state index >= 15 is 0 Å². The lowest BCUT2D eigenvalue weighted by Gasteiger charge is -2.28. The lowest BCUT2D eigenvalue weighted by Crippen LogP contribution is -2.61. The molecule has 15 heavy (non-hydrogen) atoms. The van der Waals surface area contributed by atoms with Crippen LogP contribution in [0.15, 0.2) is 0 Å². The van der Waals surface area contributed by atoms with Crippen LogP contribution in [0.25, 0.3) is 0 Å². The van der Waals surface area contributed by atoms with Crippen molar-refractivity contribution in [3.05, 3.63) is 20.2 Å². The summed E-state index contributed by atoms with van der Waals surface area (Å²) in [5, 5.41) is 22.0. The molecule has 1 saturated carbocycles. The third-order valence-corrected chi connectivity index (χ3v) is 3.68. The molecule has 1 aliphatic rings. The molecule has 0 radical (unpaired) electrons. The molecule has 1 fully saturated rings. The van der Waals surface area contributed by atoms with Crippen LogP contribution in [0.3, 0.4) is 0 Å². The summed E-state index contributed by atoms with van der Waals surface area (Å²) in [4.78, 5) is 20.8. The predicted molar refractivity (Wildman–Crippen MR) is 50.8 cm³/mol. The third kappa shape index (κ3) is 1.30. The average Bonchev–Trinajstić information content (AvgIpc) is 2.42. The van der Waals surface area contributed by atoms with E-state index in [1.54, 1.807) is 0 Å². The Hall–Kier alpha value is -1.24. The predicted octanol–water partition coefficient (Wildman–Crippen LogP) is 0.866. The quantitative estimate of drug-likeness (QED) is 0.517. The number of methoxy groups -OCH3 is 1. The number of hydrogen-bond acceptors (Lipinski definition) is 5. The number of nitrogens with zero attached hydrogens (tertiary/aromatic N) is 2. The van der Waals surface area contributed by atoms with Crippen molar-refractivity contribution in [1.82, 2.24) is 0 Å². The Labute approximate surface area is 86.7 Å². The Morgan fingerprint density at radius 2 is 1.80 bits per heavy atom. The van der Waals surface area contributed by atoms with Crippen LogP contribution in [0.2, 0.25) is 0 Å². The zero-order valence-corrected chi connectivity index (χ0v) is 8.93. The van der Waals surface area contributed by atoms with E-state index in [4.69, 9.17) is 4.74 Å². The van der Waals surface area contributed by atoms with Crippen molar-refractivity contribution in [3.8, 4) is 0 Å². The summed E-state index contributed by atoms with van der Waals surface area (Å²) in [5.74, 6) is 0. The molecule has 7 heteroatoms. The maximum Gasteiger partial charge on any atom is 0.312 e. The molecule has 86 valence electrons. The minimum absolute atomic E-state index is 0.163. The van der Waals surface area contributed by atoms with Gasteiger partial charge in [-0.05, 0) is 6.42 Å². The summed E-state index contributed by atoms with van der Waals surface area (Å²) in [5.41, 5.74) is -3.22. The lowest BCUT2D eigenvalue weighted by atomic mass is 9.82. The van der Waals surface area contributed by atoms with E-state index < -0.39 is 27.0 Å². The van der Waals surface area contributed by atoms with E-state index in [2.05, 4.69) is 0 Å². The second-order valence-electron chi connectivity index (χ2n) is 4.20. The van der Waals surface area contributed by atoms with Crippen LogP contribution < -0.4 is 0 Å². The SMILES string of the molecule is CO[C@@H]1CC[C@@](C)([N+](=O)[O-])[C@]1(C)[N+](=O)[O-]. The first-order valence-corrected chi connectivity index (χ1v) is 4.62. The van der Waals surface area contributed by atoms with Gasteiger partial charge in [0.15, 0.2) is 0 Å². The Balaban J connectivity index is 3.23. The largest absolute Gasteiger partial charge is 0.374 e. The van der Waals surface area contributed by atoms with Gasteiger partial charge in [-0.2, -0.15) is 0 Å². The molecule has 0 spiro atoms. The molecule has 0 aromatic heterocycles. The van der Waals surface area contributed by atoms with Gasteiger partial charge in [-0.3, -0.25) is 20.2 Å². The number of nitro groups is 2. The van der Waals surface area contributed by atoms with Gasteiger partial charge in [-0.1, -0.05) is 0 Å². The fraction of sp³-hybridized carbons (Fsp3) is 1.00. The van der Waals surface area contributed by atoms with Crippen LogP contribution in [0.4, 0.5) is 0 Å². The normalized spacial score (nSPS) is 40.3. The smallest absolute Gasteiger partial charge is 0.312 e. The summed E-state index contributed by atoms with van der Waals surface area (Å²) in [6.07, 6.45) is -0.204. The van der Waals surface area contributed by atoms with Gasteiger partial charge in [0.25, 0.3) is 5.54 Å². The highest BCUT2D eigenvalue weighted by Gasteiger charge is 2.73. The fourth-order valence-corrected chi connectivity index (χ4v) is 2.23. The van der Waals surface area contributed by atoms with E-state index in [-0.39, 0.29) is 6.42 Å². The molecular formula is C8H14N2O5. The zero-order valence-electron chi connectivity index (χ0n) is 8.93. The van der Waals surface area contributed by atoms with Crippen molar-refractivity contribution in [2.75, 3.05) is 7.11 Å². The number of rotatable bonds is 3. The van der Waals surface area contributed by atoms with Crippen molar-refractivity contribution in [1.29, 1.82) is 0 Å². The van der Waals surface area contributed by atoms with Gasteiger partial charge in [0.2, 0.25) is 0 Å². The van der Waals surface area contributed by atoms with Gasteiger partial charge in [-0.15, -0.1) is 0 Å². The number of hydrogen-bond donors (Lipinski definition) is 0. The molecule has 3 atom stereocenters. The number of ether oxygens (including phenoxy) is 1. The molecule has 0 N–H and O–H groups in total. The molecule has 0 unspecified atom stereocenters. The van der Waals surface area contributed by atoms with Crippen LogP contribution in [0.1, 0.15) is 26.7 Å². The first-order chi connectivity index (χ1) is 6.80. The highest BCUT2D eigenvalue weighted by Crippen LogP contribution is 2.44. The summed E-state index contributed by atoms with van der Waals surface area (Å²) in [7, 11) is 1.35. The highest BCUT2D eigenvalue weighted by molar-refractivity contribution is 5.06. The van der Waals surface area contributed by atoms with E-state index in [0.717, 1.165) is 0 Å². The second-order valence-corrected chi connectivity index (χ2v) is 4.20. The van der Waals surface area contributed by atoms with Crippen LogP contribution in [-0.4, -0.2) is 34.1 Å². The second kappa shape index (κ2) is 3.41. The first kappa shape index (κ1) is 11.8. The van der Waals surface area contributed by atoms with Crippen LogP contribution >= 0.6 is 0 Å². The standard InChI is InChI=1S/C8H14N2O5/c1-7(9(11)12)5-4-6(15-3)8(7,2)10(13)14/h6H,4-5H2,1-3H3/t6-,7-,8-/m1/s1. The van der Waals surface area contributed by atoms with Crippen LogP contribution in [-0.2, 0) is 4.74 Å². The summed E-state index contributed by atoms with van der Waals surface area (Å²) >= 11 is 0. The lowest BCUT2D eigenvalue weighted by molar-refractivity contribution is -0.679. The Morgan fingerprint density at radius 1 is 1.27 bits per heavy atom. The Bertz CT molecular complexity index is 307. The summed E-state index contributed by atoms with van der Waals surface area (Å²) in [6.45, 7) is 2.60. The van der Waals surface area contributed by atoms with Crippen LogP contribution in [0, 0.1) is 20.2 Å². The molecule has 0 heterocycles. The maximum atomic E-state index is 11.0. The molecule has 7 nitrogen and oxygen atoms in total. The van der Waals surface area contributed by atoms with E-state index in [1.165, 1.54) is 21.0 Å². The van der Waals surface area contributed by atoms with Crippen LogP contribution in [0.5, 0.6) is 0 Å². The maximum absolute atomic E-state index is 11.0. The van der Waals surface area contributed by atoms with E-state index in [0.29, 0.717) is 6.42 Å². The minimum atomic E-state index is -1.66. The third-order valence-electron chi connectivity index (χ3n) is 3.68. The van der Waals surface area contributed by atoms with Gasteiger partial charge in [0, 0.05) is 37.2 Å². The van der Waals surface area contributed by atoms with Gasteiger partial charge in [0.05, 0.1) is 0 Å². The fourth-order valence-electron chi connectivity index (χ4n) is 2.23. The molecule has 1 aliphatic carbocycles. The van der Waals surface area contributed by atoms with Gasteiger partial charge >= 0.3 is 5.54 Å². The molecule has 0 aliphatic heterocycles. The van der Waals surface area contributed by atoms with E-state index in [9.17, 15) is 20.2 Å². The van der Waals surface area contributed by atoms with Crippen molar-refractivity contribution >= 4 is 0 Å². The molecule has 0 bridgehead atoms. The average molecular weight is 218 g/mol. The highest BCUT2D eigenvalue weighted by atomic mass is 16.7. The Kier molecular flexibility index (Phi) is 2.69. The van der Waals surface area contributed by atoms with Crippen molar-refractivity contribution in [2.24, 2.45) is 0 Å². The summed E-state index contributed by atoms with van der Waals surface area (Å²) in [6, 6.07) is 0. The Morgan fingerprint density at radius 3 is 2.13 bits per heavy atom. The molecule has 1 rings (SSSR count). The van der Waals surface area contributed by atoms with Crippen molar-refractivity contribution in [3.63, 3.8) is 0 Å². The zero-order chi connectivity index (χ0) is 11.9. The van der Waals surface area contributed by atoms with Gasteiger partial charge < -0.3 is 4.74 Å². The minimum Gasteiger partial charge on any atom is -0.374 e. The summed E-state index contributed by atoms with van der Waals surface area (Å²) < 4.78 is 4.99. The first-order valence-electron chi connectivity index (χ1n) is 4.62. The van der Waals surface area contributed by atoms with Crippen molar-refractivity contribution in [2.45, 2.75) is 43.9 Å². The van der Waals surface area contributed by atoms with Crippen molar-refractivity contribution < 1.29 is 14.6 Å². The molecule has 0 aromatic carbocycles. The van der Waals surface area contributed by atoms with Gasteiger partial charge in [-0.25, -0.2) is 0 Å². The topological polar surface area (TPSA) is 95.5 Å². The molecule has 0 saturated heterocycles.